The fraction of sp³-hybridized carbons (Fsp3) is 0.316. The van der Waals surface area contributed by atoms with Gasteiger partial charge in [0, 0.05) is 12.5 Å². The molecule has 118 valence electrons. The van der Waals surface area contributed by atoms with E-state index in [-0.39, 0.29) is 11.8 Å². The second-order valence-corrected chi connectivity index (χ2v) is 6.06. The zero-order valence-corrected chi connectivity index (χ0v) is 12.8. The first-order chi connectivity index (χ1) is 11.3. The largest absolute Gasteiger partial charge is 0.486 e. The molecule has 0 aromatic heterocycles. The first-order valence-corrected chi connectivity index (χ1v) is 8.02. The van der Waals surface area contributed by atoms with Crippen LogP contribution in [0.1, 0.15) is 23.5 Å². The lowest BCUT2D eigenvalue weighted by Gasteiger charge is -2.18. The minimum absolute atomic E-state index is 0.0706. The molecule has 4 heteroatoms. The van der Waals surface area contributed by atoms with E-state index in [0.29, 0.717) is 25.7 Å². The number of hydrogen-bond acceptors (Lipinski definition) is 3. The molecule has 1 saturated carbocycles. The van der Waals surface area contributed by atoms with E-state index in [2.05, 4.69) is 5.32 Å². The maximum atomic E-state index is 12.3. The van der Waals surface area contributed by atoms with Crippen LogP contribution in [0, 0.1) is 5.92 Å². The molecular formula is C19H19NO3. The van der Waals surface area contributed by atoms with Crippen LogP contribution in [0.5, 0.6) is 11.5 Å². The van der Waals surface area contributed by atoms with Crippen LogP contribution in [-0.2, 0) is 11.3 Å². The SMILES string of the molecule is O=C(NCc1ccccc1)[C@H]1C[C@H]1c1ccc2c(c1)OCCO2. The fourth-order valence-corrected chi connectivity index (χ4v) is 3.06. The second-order valence-electron chi connectivity index (χ2n) is 6.06. The average Bonchev–Trinajstić information content (AvgIpc) is 3.41. The fourth-order valence-electron chi connectivity index (χ4n) is 3.06. The molecule has 0 unspecified atom stereocenters. The van der Waals surface area contributed by atoms with Crippen LogP contribution in [-0.4, -0.2) is 19.1 Å². The van der Waals surface area contributed by atoms with Gasteiger partial charge in [-0.15, -0.1) is 0 Å². The van der Waals surface area contributed by atoms with Crippen LogP contribution in [0.15, 0.2) is 48.5 Å². The molecule has 2 atom stereocenters. The molecule has 1 aliphatic heterocycles. The average molecular weight is 309 g/mol. The smallest absolute Gasteiger partial charge is 0.224 e. The number of ether oxygens (including phenoxy) is 2. The molecule has 2 aromatic carbocycles. The zero-order valence-electron chi connectivity index (χ0n) is 12.8. The van der Waals surface area contributed by atoms with Gasteiger partial charge in [-0.3, -0.25) is 4.79 Å². The Kier molecular flexibility index (Phi) is 3.66. The Morgan fingerprint density at radius 1 is 1.04 bits per heavy atom. The van der Waals surface area contributed by atoms with Gasteiger partial charge in [-0.05, 0) is 35.6 Å². The molecule has 4 rings (SSSR count). The molecule has 23 heavy (non-hydrogen) atoms. The third kappa shape index (κ3) is 3.02. The van der Waals surface area contributed by atoms with Crippen LogP contribution >= 0.6 is 0 Å². The van der Waals surface area contributed by atoms with Crippen molar-refractivity contribution in [1.29, 1.82) is 0 Å². The van der Waals surface area contributed by atoms with E-state index in [0.717, 1.165) is 29.0 Å². The number of carbonyl (C=O) groups excluding carboxylic acids is 1. The molecule has 2 aliphatic rings. The molecule has 0 spiro atoms. The molecule has 4 nitrogen and oxygen atoms in total. The molecule has 1 amide bonds. The zero-order chi connectivity index (χ0) is 15.6. The number of nitrogens with one attached hydrogen (secondary N) is 1. The number of amides is 1. The van der Waals surface area contributed by atoms with E-state index in [1.165, 1.54) is 0 Å². The van der Waals surface area contributed by atoms with Gasteiger partial charge < -0.3 is 14.8 Å². The summed E-state index contributed by atoms with van der Waals surface area (Å²) in [5, 5.41) is 3.03. The molecule has 2 aromatic rings. The minimum Gasteiger partial charge on any atom is -0.486 e. The van der Waals surface area contributed by atoms with Crippen molar-refractivity contribution in [1.82, 2.24) is 5.32 Å². The summed E-state index contributed by atoms with van der Waals surface area (Å²) in [6.45, 7) is 1.77. The number of hydrogen-bond donors (Lipinski definition) is 1. The third-order valence-corrected chi connectivity index (χ3v) is 4.43. The summed E-state index contributed by atoms with van der Waals surface area (Å²) in [7, 11) is 0. The maximum Gasteiger partial charge on any atom is 0.224 e. The van der Waals surface area contributed by atoms with E-state index >= 15 is 0 Å². The van der Waals surface area contributed by atoms with Crippen molar-refractivity contribution in [3.8, 4) is 11.5 Å². The van der Waals surface area contributed by atoms with Crippen molar-refractivity contribution in [3.05, 3.63) is 59.7 Å². The van der Waals surface area contributed by atoms with Gasteiger partial charge in [-0.25, -0.2) is 0 Å². The Labute approximate surface area is 135 Å². The van der Waals surface area contributed by atoms with Crippen molar-refractivity contribution >= 4 is 5.91 Å². The van der Waals surface area contributed by atoms with Gasteiger partial charge in [0.05, 0.1) is 0 Å². The molecule has 1 aliphatic carbocycles. The summed E-state index contributed by atoms with van der Waals surface area (Å²) in [6.07, 6.45) is 0.903. The Hall–Kier alpha value is -2.49. The minimum atomic E-state index is 0.0706. The number of rotatable bonds is 4. The van der Waals surface area contributed by atoms with Gasteiger partial charge in [0.15, 0.2) is 11.5 Å². The maximum absolute atomic E-state index is 12.3. The van der Waals surface area contributed by atoms with Crippen LogP contribution in [0.2, 0.25) is 0 Å². The van der Waals surface area contributed by atoms with Gasteiger partial charge in [-0.2, -0.15) is 0 Å². The number of benzene rings is 2. The van der Waals surface area contributed by atoms with Crippen molar-refractivity contribution in [2.45, 2.75) is 18.9 Å². The van der Waals surface area contributed by atoms with Gasteiger partial charge in [-0.1, -0.05) is 36.4 Å². The highest BCUT2D eigenvalue weighted by atomic mass is 16.6. The van der Waals surface area contributed by atoms with Crippen LogP contribution in [0.4, 0.5) is 0 Å². The summed E-state index contributed by atoms with van der Waals surface area (Å²) < 4.78 is 11.2. The summed E-state index contributed by atoms with van der Waals surface area (Å²) in [6, 6.07) is 16.0. The summed E-state index contributed by atoms with van der Waals surface area (Å²) in [4.78, 5) is 12.3. The van der Waals surface area contributed by atoms with E-state index in [4.69, 9.17) is 9.47 Å². The first-order valence-electron chi connectivity index (χ1n) is 8.02. The van der Waals surface area contributed by atoms with E-state index < -0.39 is 0 Å². The normalized spacial score (nSPS) is 21.6. The monoisotopic (exact) mass is 309 g/mol. The predicted octanol–water partition coefficient (Wildman–Crippen LogP) is 2.88. The molecule has 0 bridgehead atoms. The Bertz CT molecular complexity index is 714. The molecule has 0 saturated heterocycles. The lowest BCUT2D eigenvalue weighted by atomic mass is 10.1. The molecule has 0 radical (unpaired) electrons. The highest BCUT2D eigenvalue weighted by Gasteiger charge is 2.44. The van der Waals surface area contributed by atoms with Crippen LogP contribution < -0.4 is 14.8 Å². The third-order valence-electron chi connectivity index (χ3n) is 4.43. The van der Waals surface area contributed by atoms with E-state index in [9.17, 15) is 4.79 Å². The van der Waals surface area contributed by atoms with Crippen LogP contribution in [0.3, 0.4) is 0 Å². The summed E-state index contributed by atoms with van der Waals surface area (Å²) in [5.74, 6) is 2.09. The molecule has 1 heterocycles. The van der Waals surface area contributed by atoms with E-state index in [1.807, 2.05) is 48.5 Å². The van der Waals surface area contributed by atoms with Gasteiger partial charge in [0.25, 0.3) is 0 Å². The summed E-state index contributed by atoms with van der Waals surface area (Å²) in [5.41, 5.74) is 2.28. The van der Waals surface area contributed by atoms with Crippen molar-refractivity contribution in [3.63, 3.8) is 0 Å². The second kappa shape index (κ2) is 5.95. The van der Waals surface area contributed by atoms with Gasteiger partial charge in [0.1, 0.15) is 13.2 Å². The van der Waals surface area contributed by atoms with Crippen molar-refractivity contribution in [2.75, 3.05) is 13.2 Å². The quantitative estimate of drug-likeness (QED) is 0.944. The molecule has 1 fully saturated rings. The van der Waals surface area contributed by atoms with Crippen molar-refractivity contribution in [2.24, 2.45) is 5.92 Å². The molecule has 1 N–H and O–H groups in total. The lowest BCUT2D eigenvalue weighted by molar-refractivity contribution is -0.122. The lowest BCUT2D eigenvalue weighted by Crippen LogP contribution is -2.24. The van der Waals surface area contributed by atoms with Gasteiger partial charge in [0.2, 0.25) is 5.91 Å². The number of fused-ring (bicyclic) bond motifs is 1. The highest BCUT2D eigenvalue weighted by molar-refractivity contribution is 5.83. The first kappa shape index (κ1) is 14.1. The van der Waals surface area contributed by atoms with Crippen LogP contribution in [0.25, 0.3) is 0 Å². The number of carbonyl (C=O) groups is 1. The molecular weight excluding hydrogens is 290 g/mol. The van der Waals surface area contributed by atoms with Gasteiger partial charge >= 0.3 is 0 Å². The topological polar surface area (TPSA) is 47.6 Å². The predicted molar refractivity (Wildman–Crippen MR) is 86.6 cm³/mol. The highest BCUT2D eigenvalue weighted by Crippen LogP contribution is 2.49. The standard InChI is InChI=1S/C19H19NO3/c21-19(20-12-13-4-2-1-3-5-13)16-11-15(16)14-6-7-17-18(10-14)23-9-8-22-17/h1-7,10,15-16H,8-9,11-12H2,(H,20,21)/t15-,16-/m0/s1. The van der Waals surface area contributed by atoms with E-state index in [1.54, 1.807) is 0 Å². The summed E-state index contributed by atoms with van der Waals surface area (Å²) >= 11 is 0. The Morgan fingerprint density at radius 2 is 1.83 bits per heavy atom. The Morgan fingerprint density at radius 3 is 2.65 bits per heavy atom. The van der Waals surface area contributed by atoms with Crippen molar-refractivity contribution < 1.29 is 14.3 Å². The Balaban J connectivity index is 1.37.